The number of anilines is 1. The number of hydrogen-bond donors (Lipinski definition) is 1. The minimum Gasteiger partial charge on any atom is -0.753 e. The van der Waals surface area contributed by atoms with Crippen LogP contribution in [0.2, 0.25) is 0 Å². The fourth-order valence-corrected chi connectivity index (χ4v) is 4.76. The number of isothiocyanates is 1. The number of rotatable bonds is 7. The molecule has 0 spiro atoms. The minimum absolute atomic E-state index is 0. The smallest absolute Gasteiger partial charge is 0.753 e. The van der Waals surface area contributed by atoms with Crippen molar-refractivity contribution in [1.82, 2.24) is 29.9 Å². The zero-order chi connectivity index (χ0) is 35.9. The maximum atomic E-state index is 10.2. The van der Waals surface area contributed by atoms with Gasteiger partial charge in [-0.25, -0.2) is 10.2 Å². The SMILES string of the molecule is CN(C)c1ccc(-c2nc3c4cccnc4c4ncccc4c3[nH]2)cc1.N#C[S-].O=COc1ccnc(-c2cc(OC=O)ccn2)c1.[N-]=C=S.[Ru+2]. The quantitative estimate of drug-likeness (QED) is 0.0362. The van der Waals surface area contributed by atoms with E-state index in [9.17, 15) is 9.59 Å². The molecule has 0 saturated carbocycles. The van der Waals surface area contributed by atoms with Crippen molar-refractivity contribution >= 4 is 81.5 Å². The standard InChI is InChI=1S/C21H17N5.C12H8N2O4.CHNS.CNS.Ru/c1-26(2)14-9-7-13(8-10-14)21-24-19-15-5-3-11-22-17(15)18-16(20(19)25-21)6-4-12-23-18;15-7-17-9-1-3-13-11(5-9)12-6-10(18-8-16)2-4-14-12;2*2-1-3;/h3-12H,1-2H3,(H,24,25);1-8H;3H;;/q;;;-1;+2/p-1. The number of thiocyanates is 1. The van der Waals surface area contributed by atoms with E-state index >= 15 is 0 Å². The van der Waals surface area contributed by atoms with Crippen molar-refractivity contribution in [3.63, 3.8) is 0 Å². The summed E-state index contributed by atoms with van der Waals surface area (Å²) in [5, 5.41) is 19.0. The van der Waals surface area contributed by atoms with Gasteiger partial charge in [0.1, 0.15) is 17.3 Å². The van der Waals surface area contributed by atoms with Gasteiger partial charge in [0.25, 0.3) is 12.9 Å². The van der Waals surface area contributed by atoms with Crippen LogP contribution in [0.15, 0.2) is 97.6 Å². The van der Waals surface area contributed by atoms with Gasteiger partial charge in [-0.1, -0.05) is 17.6 Å². The Morgan fingerprint density at radius 3 is 1.78 bits per heavy atom. The Morgan fingerprint density at radius 2 is 1.29 bits per heavy atom. The number of imidazole rings is 1. The van der Waals surface area contributed by atoms with E-state index in [0.29, 0.717) is 35.8 Å². The second-order valence-corrected chi connectivity index (χ2v) is 10.3. The van der Waals surface area contributed by atoms with Gasteiger partial charge in [-0.2, -0.15) is 5.16 Å². The van der Waals surface area contributed by atoms with Crippen LogP contribution in [0.3, 0.4) is 0 Å². The first-order valence-corrected chi connectivity index (χ1v) is 15.1. The largest absolute Gasteiger partial charge is 2.00 e. The number of aromatic nitrogens is 6. The van der Waals surface area contributed by atoms with Crippen LogP contribution in [-0.4, -0.2) is 62.1 Å². The van der Waals surface area contributed by atoms with Crippen LogP contribution >= 0.6 is 12.2 Å². The summed E-state index contributed by atoms with van der Waals surface area (Å²) in [5.41, 5.74) is 6.94. The molecule has 0 amide bonds. The summed E-state index contributed by atoms with van der Waals surface area (Å²) in [4.78, 5) is 48.3. The Labute approximate surface area is 315 Å². The number of thiocarbonyl (C=S) groups is 1. The van der Waals surface area contributed by atoms with Gasteiger partial charge in [0.15, 0.2) is 0 Å². The molecule has 0 aliphatic rings. The first-order chi connectivity index (χ1) is 24.4. The van der Waals surface area contributed by atoms with Crippen LogP contribution in [0.4, 0.5) is 5.69 Å². The van der Waals surface area contributed by atoms with Gasteiger partial charge in [-0.05, 0) is 60.7 Å². The third-order valence-corrected chi connectivity index (χ3v) is 6.82. The Morgan fingerprint density at radius 1 is 0.804 bits per heavy atom. The van der Waals surface area contributed by atoms with Crippen LogP contribution < -0.4 is 14.4 Å². The Balaban J connectivity index is 0.000000246. The van der Waals surface area contributed by atoms with Crippen molar-refractivity contribution in [2.45, 2.75) is 0 Å². The summed E-state index contributed by atoms with van der Waals surface area (Å²) in [7, 11) is 4.07. The molecule has 0 saturated heterocycles. The van der Waals surface area contributed by atoms with Crippen molar-refractivity contribution in [2.24, 2.45) is 0 Å². The molecule has 16 heteroatoms. The average Bonchev–Trinajstić information content (AvgIpc) is 3.60. The molecule has 0 aliphatic carbocycles. The number of H-pyrrole nitrogens is 1. The van der Waals surface area contributed by atoms with Gasteiger partial charge in [0.2, 0.25) is 0 Å². The summed E-state index contributed by atoms with van der Waals surface area (Å²) < 4.78 is 9.42. The molecule has 0 radical (unpaired) electrons. The maximum Gasteiger partial charge on any atom is 2.00 e. The molecule has 0 fully saturated rings. The Bertz CT molecular complexity index is 2200. The third-order valence-electron chi connectivity index (χ3n) is 6.82. The Kier molecular flexibility index (Phi) is 15.3. The number of pyridine rings is 4. The number of carbonyl (C=O) groups is 2. The third kappa shape index (κ3) is 9.98. The van der Waals surface area contributed by atoms with Crippen LogP contribution in [0, 0.1) is 10.7 Å². The number of carbonyl (C=O) groups excluding carboxylic acids is 2. The zero-order valence-electron chi connectivity index (χ0n) is 26.8. The van der Waals surface area contributed by atoms with Crippen molar-refractivity contribution in [3.05, 3.63) is 103 Å². The van der Waals surface area contributed by atoms with Crippen molar-refractivity contribution in [3.8, 4) is 39.7 Å². The number of nitrogens with one attached hydrogen (secondary N) is 1. The molecule has 0 atom stereocenters. The van der Waals surface area contributed by atoms with Crippen molar-refractivity contribution < 1.29 is 38.5 Å². The van der Waals surface area contributed by atoms with E-state index in [1.54, 1.807) is 36.7 Å². The van der Waals surface area contributed by atoms with Gasteiger partial charge in [0.05, 0.1) is 33.5 Å². The topological polar surface area (TPSA) is 182 Å². The van der Waals surface area contributed by atoms with E-state index < -0.39 is 0 Å². The number of benzene rings is 2. The number of aromatic amines is 1. The number of hydrogen-bond acceptors (Lipinski definition) is 13. The average molecular weight is 801 g/mol. The van der Waals surface area contributed by atoms with Gasteiger partial charge >= 0.3 is 19.5 Å². The fraction of sp³-hybridized carbons (Fsp3) is 0.0571. The van der Waals surface area contributed by atoms with Crippen molar-refractivity contribution in [1.29, 1.82) is 5.26 Å². The summed E-state index contributed by atoms with van der Waals surface area (Å²) in [6.07, 6.45) is 6.58. The fourth-order valence-electron chi connectivity index (χ4n) is 4.76. The van der Waals surface area contributed by atoms with Gasteiger partial charge in [-0.15, -0.1) is 0 Å². The molecule has 5 heterocycles. The van der Waals surface area contributed by atoms with E-state index in [4.69, 9.17) is 25.1 Å². The molecule has 0 bridgehead atoms. The minimum atomic E-state index is 0. The second-order valence-electron chi connectivity index (χ2n) is 9.91. The van der Waals surface area contributed by atoms with Crippen molar-refractivity contribution in [2.75, 3.05) is 19.0 Å². The number of nitrogens with zero attached hydrogens (tertiary/aromatic N) is 8. The normalized spacial score (nSPS) is 9.51. The first kappa shape index (κ1) is 39.3. The summed E-state index contributed by atoms with van der Waals surface area (Å²) >= 11 is 7.40. The molecular weight excluding hydrogens is 776 g/mol. The Hall–Kier alpha value is -6.10. The van der Waals surface area contributed by atoms with Crippen LogP contribution in [0.5, 0.6) is 11.5 Å². The van der Waals surface area contributed by atoms with E-state index in [0.717, 1.165) is 49.9 Å². The molecule has 51 heavy (non-hydrogen) atoms. The summed E-state index contributed by atoms with van der Waals surface area (Å²) in [6, 6.07) is 22.6. The van der Waals surface area contributed by atoms with Crippen LogP contribution in [0.25, 0.3) is 61.0 Å². The molecule has 7 aromatic rings. The number of nitriles is 1. The van der Waals surface area contributed by atoms with Gasteiger partial charge < -0.3 is 37.4 Å². The van der Waals surface area contributed by atoms with E-state index in [-0.39, 0.29) is 19.5 Å². The molecule has 7 rings (SSSR count). The molecule has 254 valence electrons. The molecule has 5 aromatic heterocycles. The second kappa shape index (κ2) is 19.8. The molecule has 0 unspecified atom stereocenters. The van der Waals surface area contributed by atoms with Gasteiger partial charge in [-0.3, -0.25) is 29.5 Å². The van der Waals surface area contributed by atoms with Crippen LogP contribution in [0.1, 0.15) is 0 Å². The molecular formula is C35H25N9O4RuS2. The van der Waals surface area contributed by atoms with Crippen LogP contribution in [-0.2, 0) is 41.7 Å². The van der Waals surface area contributed by atoms with E-state index in [1.807, 2.05) is 26.2 Å². The molecule has 2 aromatic carbocycles. The maximum absolute atomic E-state index is 10.2. The predicted octanol–water partition coefficient (Wildman–Crippen LogP) is 6.28. The summed E-state index contributed by atoms with van der Waals surface area (Å²) in [6.45, 7) is 0.664. The monoisotopic (exact) mass is 801 g/mol. The number of fused-ring (bicyclic) bond motifs is 6. The zero-order valence-corrected chi connectivity index (χ0v) is 30.1. The first-order valence-electron chi connectivity index (χ1n) is 14.3. The predicted molar refractivity (Wildman–Crippen MR) is 196 cm³/mol. The van der Waals surface area contributed by atoms with Gasteiger partial charge in [0, 0.05) is 73.0 Å². The number of ether oxygens (including phenoxy) is 2. The van der Waals surface area contributed by atoms with E-state index in [1.165, 1.54) is 23.0 Å². The molecule has 0 aliphatic heterocycles. The van der Waals surface area contributed by atoms with E-state index in [2.05, 4.69) is 91.1 Å². The molecule has 13 nitrogen and oxygen atoms in total. The summed E-state index contributed by atoms with van der Waals surface area (Å²) in [5.74, 6) is 1.57. The molecule has 1 N–H and O–H groups in total.